The van der Waals surface area contributed by atoms with Crippen LogP contribution in [-0.2, 0) is 16.1 Å². The molecule has 1 saturated heterocycles. The van der Waals surface area contributed by atoms with Crippen LogP contribution >= 0.6 is 11.3 Å². The summed E-state index contributed by atoms with van der Waals surface area (Å²) in [6, 6.07) is 3.81. The molecule has 116 valence electrons. The number of carbonyl (C=O) groups is 2. The number of nitrogens with one attached hydrogen (secondary N) is 1. The molecule has 2 heterocycles. The van der Waals surface area contributed by atoms with Crippen molar-refractivity contribution in [2.75, 3.05) is 13.1 Å². The monoisotopic (exact) mass is 320 g/mol. The molecule has 1 aromatic heterocycles. The number of rotatable bonds is 4. The summed E-state index contributed by atoms with van der Waals surface area (Å²) in [5, 5.41) is 2.67. The maximum absolute atomic E-state index is 12.3. The molecule has 0 radical (unpaired) electrons. The summed E-state index contributed by atoms with van der Waals surface area (Å²) in [7, 11) is 0. The third-order valence-electron chi connectivity index (χ3n) is 3.19. The molecule has 0 bridgehead atoms. The molecular weight excluding hydrogens is 305 g/mol. The minimum Gasteiger partial charge on any atom is -0.351 e. The molecule has 0 aliphatic carbocycles. The van der Waals surface area contributed by atoms with Crippen LogP contribution < -0.4 is 5.32 Å². The van der Waals surface area contributed by atoms with Crippen molar-refractivity contribution in [1.29, 1.82) is 0 Å². The van der Waals surface area contributed by atoms with Gasteiger partial charge < -0.3 is 10.2 Å². The van der Waals surface area contributed by atoms with Gasteiger partial charge in [-0.15, -0.1) is 11.3 Å². The molecular formula is C13H15F3N2O2S. The Hall–Kier alpha value is -1.57. The molecule has 1 atom stereocenters. The molecule has 0 spiro atoms. The lowest BCUT2D eigenvalue weighted by Crippen LogP contribution is -2.37. The van der Waals surface area contributed by atoms with Crippen molar-refractivity contribution in [2.24, 2.45) is 5.92 Å². The predicted molar refractivity (Wildman–Crippen MR) is 71.6 cm³/mol. The first-order valence-electron chi connectivity index (χ1n) is 6.42. The number of halogens is 3. The summed E-state index contributed by atoms with van der Waals surface area (Å²) in [6.45, 7) is 0.815. The molecule has 0 saturated carbocycles. The van der Waals surface area contributed by atoms with Crippen LogP contribution in [0.15, 0.2) is 12.1 Å². The van der Waals surface area contributed by atoms with E-state index in [4.69, 9.17) is 0 Å². The van der Waals surface area contributed by atoms with Crippen LogP contribution in [0.5, 0.6) is 0 Å². The van der Waals surface area contributed by atoms with Gasteiger partial charge >= 0.3 is 6.18 Å². The standard InChI is InChI=1S/C13H15F3N2O2S/c1-8-2-3-10(21-8)5-17-12(20)9-4-11(19)18(6-9)7-13(14,15)16/h2-3,9H,4-7H2,1H3,(H,17,20)/t9-/m0/s1. The summed E-state index contributed by atoms with van der Waals surface area (Å²) in [5.74, 6) is -1.71. The summed E-state index contributed by atoms with van der Waals surface area (Å²) in [4.78, 5) is 26.2. The lowest BCUT2D eigenvalue weighted by molar-refractivity contribution is -0.157. The molecule has 1 aromatic rings. The van der Waals surface area contributed by atoms with Gasteiger partial charge in [-0.05, 0) is 19.1 Å². The number of likely N-dealkylation sites (tertiary alicyclic amines) is 1. The van der Waals surface area contributed by atoms with E-state index in [0.717, 1.165) is 9.75 Å². The topological polar surface area (TPSA) is 49.4 Å². The van der Waals surface area contributed by atoms with Gasteiger partial charge in [0.25, 0.3) is 0 Å². The fourth-order valence-electron chi connectivity index (χ4n) is 2.22. The minimum atomic E-state index is -4.43. The fraction of sp³-hybridized carbons (Fsp3) is 0.538. The normalized spacial score (nSPS) is 19.1. The van der Waals surface area contributed by atoms with Gasteiger partial charge in [0, 0.05) is 22.7 Å². The second-order valence-electron chi connectivity index (χ2n) is 5.02. The zero-order valence-electron chi connectivity index (χ0n) is 11.4. The molecule has 1 aliphatic heterocycles. The first-order chi connectivity index (χ1) is 9.74. The summed E-state index contributed by atoms with van der Waals surface area (Å²) < 4.78 is 36.9. The average Bonchev–Trinajstić information content (AvgIpc) is 2.92. The molecule has 1 fully saturated rings. The Bertz CT molecular complexity index is 542. The van der Waals surface area contributed by atoms with Gasteiger partial charge in [-0.3, -0.25) is 9.59 Å². The van der Waals surface area contributed by atoms with E-state index in [0.29, 0.717) is 11.4 Å². The highest BCUT2D eigenvalue weighted by Crippen LogP contribution is 2.24. The number of thiophene rings is 1. The highest BCUT2D eigenvalue weighted by Gasteiger charge is 2.40. The Balaban J connectivity index is 1.85. The Morgan fingerprint density at radius 3 is 2.76 bits per heavy atom. The van der Waals surface area contributed by atoms with Crippen molar-refractivity contribution in [3.63, 3.8) is 0 Å². The zero-order chi connectivity index (χ0) is 15.6. The first kappa shape index (κ1) is 15.8. The van der Waals surface area contributed by atoms with Gasteiger partial charge in [0.2, 0.25) is 11.8 Å². The fourth-order valence-corrected chi connectivity index (χ4v) is 3.05. The van der Waals surface area contributed by atoms with E-state index in [1.807, 2.05) is 19.1 Å². The van der Waals surface area contributed by atoms with Crippen LogP contribution in [0.3, 0.4) is 0 Å². The molecule has 1 aliphatic rings. The second kappa shape index (κ2) is 6.05. The van der Waals surface area contributed by atoms with E-state index in [1.54, 1.807) is 11.3 Å². The van der Waals surface area contributed by atoms with Crippen LogP contribution in [0.4, 0.5) is 13.2 Å². The molecule has 2 amide bonds. The Morgan fingerprint density at radius 1 is 1.48 bits per heavy atom. The third-order valence-corrected chi connectivity index (χ3v) is 4.19. The molecule has 0 aromatic carbocycles. The highest BCUT2D eigenvalue weighted by atomic mass is 32.1. The van der Waals surface area contributed by atoms with Crippen molar-refractivity contribution in [2.45, 2.75) is 26.1 Å². The number of alkyl halides is 3. The third kappa shape index (κ3) is 4.45. The van der Waals surface area contributed by atoms with Gasteiger partial charge in [0.05, 0.1) is 12.5 Å². The van der Waals surface area contributed by atoms with Crippen LogP contribution in [0.1, 0.15) is 16.2 Å². The molecule has 1 N–H and O–H groups in total. The van der Waals surface area contributed by atoms with Crippen molar-refractivity contribution >= 4 is 23.2 Å². The Morgan fingerprint density at radius 2 is 2.19 bits per heavy atom. The lowest BCUT2D eigenvalue weighted by atomic mass is 10.1. The summed E-state index contributed by atoms with van der Waals surface area (Å²) >= 11 is 1.54. The highest BCUT2D eigenvalue weighted by molar-refractivity contribution is 7.11. The van der Waals surface area contributed by atoms with Crippen molar-refractivity contribution in [1.82, 2.24) is 10.2 Å². The SMILES string of the molecule is Cc1ccc(CNC(=O)[C@H]2CC(=O)N(CC(F)(F)F)C2)s1. The van der Waals surface area contributed by atoms with Crippen molar-refractivity contribution in [3.05, 3.63) is 21.9 Å². The number of carbonyl (C=O) groups excluding carboxylic acids is 2. The lowest BCUT2D eigenvalue weighted by Gasteiger charge is -2.18. The summed E-state index contributed by atoms with van der Waals surface area (Å²) in [5.41, 5.74) is 0. The van der Waals surface area contributed by atoms with Crippen molar-refractivity contribution < 1.29 is 22.8 Å². The number of amides is 2. The maximum Gasteiger partial charge on any atom is 0.406 e. The summed E-state index contributed by atoms with van der Waals surface area (Å²) in [6.07, 6.45) is -4.60. The van der Waals surface area contributed by atoms with Crippen LogP contribution in [0.25, 0.3) is 0 Å². The van der Waals surface area contributed by atoms with E-state index in [2.05, 4.69) is 5.32 Å². The van der Waals surface area contributed by atoms with Gasteiger partial charge in [0.15, 0.2) is 0 Å². The van der Waals surface area contributed by atoms with E-state index >= 15 is 0 Å². The molecule has 21 heavy (non-hydrogen) atoms. The van der Waals surface area contributed by atoms with E-state index < -0.39 is 24.5 Å². The van der Waals surface area contributed by atoms with Gasteiger partial charge in [-0.1, -0.05) is 0 Å². The quantitative estimate of drug-likeness (QED) is 0.923. The van der Waals surface area contributed by atoms with Crippen molar-refractivity contribution in [3.8, 4) is 0 Å². The van der Waals surface area contributed by atoms with Gasteiger partial charge in [-0.2, -0.15) is 13.2 Å². The molecule has 4 nitrogen and oxygen atoms in total. The van der Waals surface area contributed by atoms with Gasteiger partial charge in [0.1, 0.15) is 6.54 Å². The number of hydrogen-bond donors (Lipinski definition) is 1. The van der Waals surface area contributed by atoms with E-state index in [9.17, 15) is 22.8 Å². The van der Waals surface area contributed by atoms with Crippen LogP contribution in [0, 0.1) is 12.8 Å². The zero-order valence-corrected chi connectivity index (χ0v) is 12.2. The van der Waals surface area contributed by atoms with E-state index in [1.165, 1.54) is 0 Å². The van der Waals surface area contributed by atoms with Gasteiger partial charge in [-0.25, -0.2) is 0 Å². The molecule has 0 unspecified atom stereocenters. The maximum atomic E-state index is 12.3. The Labute approximate surface area is 123 Å². The number of hydrogen-bond acceptors (Lipinski definition) is 3. The number of nitrogens with zero attached hydrogens (tertiary/aromatic N) is 1. The second-order valence-corrected chi connectivity index (χ2v) is 6.39. The number of aryl methyl sites for hydroxylation is 1. The molecule has 8 heteroatoms. The average molecular weight is 320 g/mol. The predicted octanol–water partition coefficient (Wildman–Crippen LogP) is 2.08. The minimum absolute atomic E-state index is 0.161. The Kier molecular flexibility index (Phi) is 4.55. The largest absolute Gasteiger partial charge is 0.406 e. The molecule has 2 rings (SSSR count). The van der Waals surface area contributed by atoms with Crippen LogP contribution in [0.2, 0.25) is 0 Å². The van der Waals surface area contributed by atoms with E-state index in [-0.39, 0.29) is 18.9 Å². The first-order valence-corrected chi connectivity index (χ1v) is 7.24. The van der Waals surface area contributed by atoms with Crippen LogP contribution in [-0.4, -0.2) is 36.0 Å². The smallest absolute Gasteiger partial charge is 0.351 e.